The Balaban J connectivity index is 2.98. The lowest BCUT2D eigenvalue weighted by atomic mass is 10.1. The molecule has 0 saturated carbocycles. The van der Waals surface area contributed by atoms with Crippen LogP contribution in [0.4, 0.5) is 5.69 Å². The minimum atomic E-state index is -0.257. The van der Waals surface area contributed by atoms with Crippen molar-refractivity contribution >= 4 is 17.5 Å². The van der Waals surface area contributed by atoms with Gasteiger partial charge in [-0.1, -0.05) is 13.0 Å². The molecule has 0 aliphatic heterocycles. The van der Waals surface area contributed by atoms with E-state index >= 15 is 0 Å². The second kappa shape index (κ2) is 6.33. The summed E-state index contributed by atoms with van der Waals surface area (Å²) in [7, 11) is 3.38. The second-order valence-electron chi connectivity index (χ2n) is 4.86. The van der Waals surface area contributed by atoms with Crippen LogP contribution in [0.3, 0.4) is 0 Å². The smallest absolute Gasteiger partial charge is 0.253 e. The van der Waals surface area contributed by atoms with E-state index in [4.69, 9.17) is 5.73 Å². The van der Waals surface area contributed by atoms with E-state index in [2.05, 4.69) is 5.32 Å². The van der Waals surface area contributed by atoms with Gasteiger partial charge in [0.05, 0.1) is 0 Å². The molecule has 0 aromatic heterocycles. The number of hydrogen-bond acceptors (Lipinski definition) is 3. The third-order valence-electron chi connectivity index (χ3n) is 2.95. The summed E-state index contributed by atoms with van der Waals surface area (Å²) in [6.07, 6.45) is 0. The molecule has 1 rings (SSSR count). The lowest BCUT2D eigenvalue weighted by molar-refractivity contribution is -0.119. The minimum Gasteiger partial charge on any atom is -0.345 e. The molecule has 3 N–H and O–H groups in total. The number of hydrogen-bond donors (Lipinski definition) is 2. The van der Waals surface area contributed by atoms with Gasteiger partial charge in [-0.25, -0.2) is 0 Å². The molecule has 0 aliphatic carbocycles. The first-order chi connectivity index (χ1) is 8.86. The Morgan fingerprint density at radius 3 is 2.53 bits per heavy atom. The number of amides is 2. The number of nitrogens with one attached hydrogen (secondary N) is 1. The van der Waals surface area contributed by atoms with Crippen molar-refractivity contribution < 1.29 is 9.59 Å². The predicted molar refractivity (Wildman–Crippen MR) is 76.0 cm³/mol. The Kier molecular flexibility index (Phi) is 5.06. The fourth-order valence-corrected chi connectivity index (χ4v) is 1.51. The lowest BCUT2D eigenvalue weighted by Crippen LogP contribution is -2.27. The Hall–Kier alpha value is -1.88. The third-order valence-corrected chi connectivity index (χ3v) is 2.95. The summed E-state index contributed by atoms with van der Waals surface area (Å²) in [5, 5.41) is 2.81. The first-order valence-corrected chi connectivity index (χ1v) is 6.20. The van der Waals surface area contributed by atoms with Crippen LogP contribution in [0.2, 0.25) is 0 Å². The number of aryl methyl sites for hydroxylation is 1. The maximum atomic E-state index is 11.9. The zero-order valence-corrected chi connectivity index (χ0v) is 11.9. The molecule has 0 spiro atoms. The van der Waals surface area contributed by atoms with Crippen molar-refractivity contribution in [1.82, 2.24) is 4.90 Å². The molecular formula is C14H21N3O2. The SMILES string of the molecule is Cc1ccc(C(=O)N(C)C)cc1NC(=O)C(C)CN. The highest BCUT2D eigenvalue weighted by atomic mass is 16.2. The van der Waals surface area contributed by atoms with Gasteiger partial charge in [0.2, 0.25) is 5.91 Å². The molecule has 0 radical (unpaired) electrons. The number of carbonyl (C=O) groups excluding carboxylic acids is 2. The van der Waals surface area contributed by atoms with Gasteiger partial charge in [0.1, 0.15) is 0 Å². The van der Waals surface area contributed by atoms with Gasteiger partial charge in [-0.15, -0.1) is 0 Å². The van der Waals surface area contributed by atoms with E-state index in [0.29, 0.717) is 17.8 Å². The molecule has 0 heterocycles. The fourth-order valence-electron chi connectivity index (χ4n) is 1.51. The molecule has 5 heteroatoms. The van der Waals surface area contributed by atoms with Gasteiger partial charge in [-0.3, -0.25) is 9.59 Å². The number of rotatable bonds is 4. The van der Waals surface area contributed by atoms with Crippen molar-refractivity contribution in [3.63, 3.8) is 0 Å². The average molecular weight is 263 g/mol. The van der Waals surface area contributed by atoms with Gasteiger partial charge in [-0.2, -0.15) is 0 Å². The van der Waals surface area contributed by atoms with Crippen molar-refractivity contribution in [3.05, 3.63) is 29.3 Å². The van der Waals surface area contributed by atoms with Crippen LogP contribution in [-0.4, -0.2) is 37.4 Å². The van der Waals surface area contributed by atoms with Gasteiger partial charge in [0.25, 0.3) is 5.91 Å². The predicted octanol–water partition coefficient (Wildman–Crippen LogP) is 1.23. The second-order valence-corrected chi connectivity index (χ2v) is 4.86. The molecule has 1 unspecified atom stereocenters. The van der Waals surface area contributed by atoms with E-state index in [1.165, 1.54) is 4.90 Å². The lowest BCUT2D eigenvalue weighted by Gasteiger charge is -2.15. The van der Waals surface area contributed by atoms with Gasteiger partial charge >= 0.3 is 0 Å². The maximum absolute atomic E-state index is 11.9. The normalized spacial score (nSPS) is 11.8. The number of carbonyl (C=O) groups is 2. The number of anilines is 1. The summed E-state index contributed by atoms with van der Waals surface area (Å²) in [5.41, 5.74) is 7.57. The van der Waals surface area contributed by atoms with Gasteiger partial charge in [0, 0.05) is 37.8 Å². The molecule has 5 nitrogen and oxygen atoms in total. The zero-order valence-electron chi connectivity index (χ0n) is 11.9. The number of nitrogens with zero attached hydrogens (tertiary/aromatic N) is 1. The zero-order chi connectivity index (χ0) is 14.6. The highest BCUT2D eigenvalue weighted by molar-refractivity contribution is 5.98. The van der Waals surface area contributed by atoms with Crippen LogP contribution >= 0.6 is 0 Å². The highest BCUT2D eigenvalue weighted by Crippen LogP contribution is 2.18. The van der Waals surface area contributed by atoms with Crippen LogP contribution < -0.4 is 11.1 Å². The Bertz CT molecular complexity index is 484. The van der Waals surface area contributed by atoms with E-state index in [1.807, 2.05) is 13.0 Å². The van der Waals surface area contributed by atoms with Crippen molar-refractivity contribution in [1.29, 1.82) is 0 Å². The van der Waals surface area contributed by atoms with Crippen LogP contribution in [0.25, 0.3) is 0 Å². The standard InChI is InChI=1S/C14H21N3O2/c1-9-5-6-11(14(19)17(3)4)7-12(9)16-13(18)10(2)8-15/h5-7,10H,8,15H2,1-4H3,(H,16,18). The molecular weight excluding hydrogens is 242 g/mol. The summed E-state index contributed by atoms with van der Waals surface area (Å²) in [6, 6.07) is 5.26. The van der Waals surface area contributed by atoms with Crippen molar-refractivity contribution in [2.75, 3.05) is 26.0 Å². The van der Waals surface area contributed by atoms with Crippen LogP contribution in [0.1, 0.15) is 22.8 Å². The van der Waals surface area contributed by atoms with Gasteiger partial charge in [-0.05, 0) is 24.6 Å². The molecule has 0 bridgehead atoms. The summed E-state index contributed by atoms with van der Waals surface area (Å²) in [6.45, 7) is 3.94. The van der Waals surface area contributed by atoms with E-state index < -0.39 is 0 Å². The van der Waals surface area contributed by atoms with Gasteiger partial charge in [0.15, 0.2) is 0 Å². The first-order valence-electron chi connectivity index (χ1n) is 6.20. The van der Waals surface area contributed by atoms with Gasteiger partial charge < -0.3 is 16.0 Å². The largest absolute Gasteiger partial charge is 0.345 e. The van der Waals surface area contributed by atoms with Crippen LogP contribution in [-0.2, 0) is 4.79 Å². The Morgan fingerprint density at radius 2 is 2.00 bits per heavy atom. The van der Waals surface area contributed by atoms with E-state index in [-0.39, 0.29) is 17.7 Å². The molecule has 19 heavy (non-hydrogen) atoms. The molecule has 1 aromatic carbocycles. The third kappa shape index (κ3) is 3.79. The number of benzene rings is 1. The molecule has 104 valence electrons. The van der Waals surface area contributed by atoms with Crippen molar-refractivity contribution in [2.24, 2.45) is 11.7 Å². The van der Waals surface area contributed by atoms with Crippen LogP contribution in [0.15, 0.2) is 18.2 Å². The molecule has 1 aromatic rings. The fraction of sp³-hybridized carbons (Fsp3) is 0.429. The quantitative estimate of drug-likeness (QED) is 0.858. The topological polar surface area (TPSA) is 75.4 Å². The molecule has 0 aliphatic rings. The van der Waals surface area contributed by atoms with Crippen LogP contribution in [0, 0.1) is 12.8 Å². The van der Waals surface area contributed by atoms with E-state index in [9.17, 15) is 9.59 Å². The molecule has 2 amide bonds. The average Bonchev–Trinajstić information content (AvgIpc) is 2.39. The van der Waals surface area contributed by atoms with E-state index in [1.54, 1.807) is 33.2 Å². The highest BCUT2D eigenvalue weighted by Gasteiger charge is 2.14. The first kappa shape index (κ1) is 15.2. The summed E-state index contributed by atoms with van der Waals surface area (Å²) in [4.78, 5) is 25.2. The molecule has 0 saturated heterocycles. The Labute approximate surface area is 113 Å². The van der Waals surface area contributed by atoms with E-state index in [0.717, 1.165) is 5.56 Å². The Morgan fingerprint density at radius 1 is 1.37 bits per heavy atom. The van der Waals surface area contributed by atoms with Crippen molar-refractivity contribution in [3.8, 4) is 0 Å². The summed E-state index contributed by atoms with van der Waals surface area (Å²) >= 11 is 0. The van der Waals surface area contributed by atoms with Crippen LogP contribution in [0.5, 0.6) is 0 Å². The molecule has 1 atom stereocenters. The summed E-state index contributed by atoms with van der Waals surface area (Å²) in [5.74, 6) is -0.491. The minimum absolute atomic E-state index is 0.0950. The monoisotopic (exact) mass is 263 g/mol. The number of nitrogens with two attached hydrogens (primary N) is 1. The maximum Gasteiger partial charge on any atom is 0.253 e. The van der Waals surface area contributed by atoms with Crippen molar-refractivity contribution in [2.45, 2.75) is 13.8 Å². The molecule has 0 fully saturated rings. The summed E-state index contributed by atoms with van der Waals surface area (Å²) < 4.78 is 0.